The lowest BCUT2D eigenvalue weighted by Crippen LogP contribution is -2.48. The lowest BCUT2D eigenvalue weighted by molar-refractivity contribution is -0.115. The van der Waals surface area contributed by atoms with Gasteiger partial charge in [0.15, 0.2) is 5.78 Å². The van der Waals surface area contributed by atoms with Crippen molar-refractivity contribution in [2.45, 2.75) is 111 Å². The summed E-state index contributed by atoms with van der Waals surface area (Å²) in [6, 6.07) is 0. The second-order valence-corrected chi connectivity index (χ2v) is 12.8. The molecule has 174 valence electrons. The molecule has 1 N–H and O–H groups in total. The maximum absolute atomic E-state index is 13.5. The van der Waals surface area contributed by atoms with E-state index in [0.717, 1.165) is 44.9 Å². The minimum Gasteiger partial charge on any atom is -0.393 e. The molecule has 0 bridgehead atoms. The van der Waals surface area contributed by atoms with Crippen LogP contribution in [-0.2, 0) is 9.53 Å². The van der Waals surface area contributed by atoms with Gasteiger partial charge in [0.05, 0.1) is 18.3 Å². The van der Waals surface area contributed by atoms with Crippen molar-refractivity contribution in [2.24, 2.45) is 46.3 Å². The van der Waals surface area contributed by atoms with E-state index in [-0.39, 0.29) is 16.9 Å². The van der Waals surface area contributed by atoms with E-state index >= 15 is 0 Å². The molecule has 1 saturated heterocycles. The highest BCUT2D eigenvalue weighted by Crippen LogP contribution is 2.65. The van der Waals surface area contributed by atoms with Crippen LogP contribution < -0.4 is 0 Å². The van der Waals surface area contributed by atoms with Crippen LogP contribution in [0.5, 0.6) is 0 Å². The van der Waals surface area contributed by atoms with Crippen molar-refractivity contribution in [3.05, 3.63) is 11.1 Å². The molecule has 31 heavy (non-hydrogen) atoms. The fourth-order valence-corrected chi connectivity index (χ4v) is 8.70. The standard InChI is InChI=1S/C28H44O3/c1-15(2)16(3)25-26(31-25)17(4)22-14-23(30)24-20-8-7-18-13-19(29)9-11-27(18,5)21(20)10-12-28(22,24)6/h15-19,21-22,25-26,29H,7-14H2,1-6H3/t16-,17+,18+,19+,21+,22-,25+,26-,27+,28-/m1/s1. The monoisotopic (exact) mass is 428 g/mol. The number of epoxide rings is 1. The zero-order valence-corrected chi connectivity index (χ0v) is 20.6. The summed E-state index contributed by atoms with van der Waals surface area (Å²) >= 11 is 0. The predicted octanol–water partition coefficient (Wildman–Crippen LogP) is 5.95. The number of allylic oxidation sites excluding steroid dienone is 2. The summed E-state index contributed by atoms with van der Waals surface area (Å²) in [6.45, 7) is 14.2. The molecule has 0 radical (unpaired) electrons. The van der Waals surface area contributed by atoms with Crippen LogP contribution in [0.1, 0.15) is 92.9 Å². The molecule has 4 fully saturated rings. The Morgan fingerprint density at radius 1 is 1.03 bits per heavy atom. The third kappa shape index (κ3) is 3.23. The molecule has 0 amide bonds. The highest BCUT2D eigenvalue weighted by Gasteiger charge is 2.60. The summed E-state index contributed by atoms with van der Waals surface area (Å²) in [7, 11) is 0. The molecule has 0 spiro atoms. The molecule has 5 rings (SSSR count). The third-order valence-corrected chi connectivity index (χ3v) is 11.1. The van der Waals surface area contributed by atoms with Crippen LogP contribution in [0.15, 0.2) is 11.1 Å². The van der Waals surface area contributed by atoms with E-state index in [0.29, 0.717) is 53.5 Å². The number of hydrogen-bond donors (Lipinski definition) is 1. The molecule has 3 heteroatoms. The van der Waals surface area contributed by atoms with Crippen molar-refractivity contribution in [1.29, 1.82) is 0 Å². The Balaban J connectivity index is 1.42. The number of fused-ring (bicyclic) bond motifs is 4. The summed E-state index contributed by atoms with van der Waals surface area (Å²) in [5, 5.41) is 10.3. The van der Waals surface area contributed by atoms with Gasteiger partial charge in [-0.1, -0.05) is 47.1 Å². The average molecular weight is 429 g/mol. The second kappa shape index (κ2) is 7.42. The van der Waals surface area contributed by atoms with E-state index in [1.54, 1.807) is 0 Å². The van der Waals surface area contributed by atoms with E-state index in [1.165, 1.54) is 17.6 Å². The van der Waals surface area contributed by atoms with Gasteiger partial charge in [-0.2, -0.15) is 0 Å². The first-order chi connectivity index (χ1) is 14.6. The normalized spacial score (nSPS) is 48.8. The first-order valence-electron chi connectivity index (χ1n) is 13.2. The Kier molecular flexibility index (Phi) is 5.30. The molecule has 0 unspecified atom stereocenters. The van der Waals surface area contributed by atoms with Crippen LogP contribution in [0.25, 0.3) is 0 Å². The molecule has 1 aliphatic heterocycles. The molecule has 5 aliphatic rings. The second-order valence-electron chi connectivity index (χ2n) is 12.8. The Hall–Kier alpha value is -0.670. The molecular formula is C28H44O3. The summed E-state index contributed by atoms with van der Waals surface area (Å²) in [5.41, 5.74) is 3.10. The number of Topliss-reactive ketones (excluding diaryl/α,β-unsaturated/α-hetero) is 1. The molecule has 4 aliphatic carbocycles. The highest BCUT2D eigenvalue weighted by atomic mass is 16.6. The lowest BCUT2D eigenvalue weighted by Gasteiger charge is -2.56. The van der Waals surface area contributed by atoms with Gasteiger partial charge >= 0.3 is 0 Å². The van der Waals surface area contributed by atoms with E-state index in [2.05, 4.69) is 41.5 Å². The van der Waals surface area contributed by atoms with Crippen LogP contribution in [-0.4, -0.2) is 29.2 Å². The Labute approximate surface area is 189 Å². The Bertz CT molecular complexity index is 783. The highest BCUT2D eigenvalue weighted by molar-refractivity contribution is 6.00. The van der Waals surface area contributed by atoms with Gasteiger partial charge in [-0.25, -0.2) is 0 Å². The predicted molar refractivity (Wildman–Crippen MR) is 123 cm³/mol. The van der Waals surface area contributed by atoms with E-state index < -0.39 is 0 Å². The van der Waals surface area contributed by atoms with Gasteiger partial charge in [-0.05, 0) is 91.3 Å². The van der Waals surface area contributed by atoms with E-state index in [9.17, 15) is 9.90 Å². The minimum absolute atomic E-state index is 0.0390. The first kappa shape index (κ1) is 22.1. The summed E-state index contributed by atoms with van der Waals surface area (Å²) in [4.78, 5) is 13.5. The van der Waals surface area contributed by atoms with Crippen molar-refractivity contribution in [3.63, 3.8) is 0 Å². The Morgan fingerprint density at radius 3 is 2.48 bits per heavy atom. The number of hydrogen-bond acceptors (Lipinski definition) is 3. The zero-order chi connectivity index (χ0) is 22.3. The van der Waals surface area contributed by atoms with Crippen LogP contribution in [0.2, 0.25) is 0 Å². The van der Waals surface area contributed by atoms with Gasteiger partial charge in [-0.3, -0.25) is 4.79 Å². The molecule has 0 aromatic rings. The molecule has 0 aromatic heterocycles. The quantitative estimate of drug-likeness (QED) is 0.563. The molecule has 0 aromatic carbocycles. The first-order valence-corrected chi connectivity index (χ1v) is 13.2. The van der Waals surface area contributed by atoms with Crippen molar-refractivity contribution < 1.29 is 14.6 Å². The zero-order valence-electron chi connectivity index (χ0n) is 20.6. The maximum atomic E-state index is 13.5. The number of ketones is 1. The van der Waals surface area contributed by atoms with Crippen LogP contribution in [0, 0.1) is 46.3 Å². The number of rotatable bonds is 4. The average Bonchev–Trinajstić information content (AvgIpc) is 3.46. The fourth-order valence-electron chi connectivity index (χ4n) is 8.70. The maximum Gasteiger partial charge on any atom is 0.159 e. The van der Waals surface area contributed by atoms with Gasteiger partial charge in [0, 0.05) is 12.0 Å². The molecule has 3 saturated carbocycles. The van der Waals surface area contributed by atoms with Crippen molar-refractivity contribution >= 4 is 5.78 Å². The summed E-state index contributed by atoms with van der Waals surface area (Å²) < 4.78 is 6.23. The van der Waals surface area contributed by atoms with E-state index in [1.807, 2.05) is 0 Å². The SMILES string of the molecule is CC(C)[C@@H](C)[C@@H]1O[C@@H]1[C@@H](C)[C@H]1CC(=O)C2=C3CC[C@H]4C[C@@H](O)CC[C@]4(C)[C@H]3CC[C@@]21C. The number of carbonyl (C=O) groups is 1. The van der Waals surface area contributed by atoms with E-state index in [4.69, 9.17) is 4.74 Å². The number of carbonyl (C=O) groups excluding carboxylic acids is 1. The van der Waals surface area contributed by atoms with Gasteiger partial charge in [0.2, 0.25) is 0 Å². The topological polar surface area (TPSA) is 49.8 Å². The van der Waals surface area contributed by atoms with Gasteiger partial charge in [0.1, 0.15) is 0 Å². The van der Waals surface area contributed by atoms with Gasteiger partial charge in [-0.15, -0.1) is 0 Å². The molecule has 3 nitrogen and oxygen atoms in total. The van der Waals surface area contributed by atoms with Crippen molar-refractivity contribution in [3.8, 4) is 0 Å². The summed E-state index contributed by atoms with van der Waals surface area (Å²) in [5.74, 6) is 3.74. The van der Waals surface area contributed by atoms with Crippen molar-refractivity contribution in [1.82, 2.24) is 0 Å². The van der Waals surface area contributed by atoms with Crippen LogP contribution in [0.4, 0.5) is 0 Å². The fraction of sp³-hybridized carbons (Fsp3) is 0.893. The molecule has 1 heterocycles. The smallest absolute Gasteiger partial charge is 0.159 e. The van der Waals surface area contributed by atoms with Gasteiger partial charge in [0.25, 0.3) is 0 Å². The molecular weight excluding hydrogens is 384 g/mol. The lowest BCUT2D eigenvalue weighted by atomic mass is 9.48. The van der Waals surface area contributed by atoms with Gasteiger partial charge < -0.3 is 9.84 Å². The minimum atomic E-state index is -0.112. The molecule has 10 atom stereocenters. The number of aliphatic hydroxyl groups is 1. The largest absolute Gasteiger partial charge is 0.393 e. The van der Waals surface area contributed by atoms with Crippen LogP contribution in [0.3, 0.4) is 0 Å². The van der Waals surface area contributed by atoms with Crippen molar-refractivity contribution in [2.75, 3.05) is 0 Å². The van der Waals surface area contributed by atoms with Crippen LogP contribution >= 0.6 is 0 Å². The Morgan fingerprint density at radius 2 is 1.77 bits per heavy atom. The number of ether oxygens (including phenoxy) is 1. The third-order valence-electron chi connectivity index (χ3n) is 11.1. The summed E-state index contributed by atoms with van der Waals surface area (Å²) in [6.07, 6.45) is 8.98. The number of aliphatic hydroxyl groups excluding tert-OH is 1.